The molecule has 3 nitrogen and oxygen atoms in total. The van der Waals surface area contributed by atoms with E-state index in [4.69, 9.17) is 0 Å². The summed E-state index contributed by atoms with van der Waals surface area (Å²) in [6.07, 6.45) is 4.07. The second-order valence-corrected chi connectivity index (χ2v) is 5.04. The molecular weight excluding hydrogens is 212 g/mol. The fourth-order valence-electron chi connectivity index (χ4n) is 2.56. The van der Waals surface area contributed by atoms with Gasteiger partial charge in [-0.25, -0.2) is 4.98 Å². The van der Waals surface area contributed by atoms with Gasteiger partial charge in [0.25, 0.3) is 0 Å². The number of fused-ring (bicyclic) bond motifs is 1. The molecule has 3 heteroatoms. The number of imidazole rings is 1. The van der Waals surface area contributed by atoms with E-state index in [-0.39, 0.29) is 6.10 Å². The smallest absolute Gasteiger partial charge is 0.112 e. The molecule has 1 heterocycles. The van der Waals surface area contributed by atoms with E-state index < -0.39 is 0 Å². The summed E-state index contributed by atoms with van der Waals surface area (Å²) in [7, 11) is 2.03. The van der Waals surface area contributed by atoms with Gasteiger partial charge in [-0.2, -0.15) is 0 Å². The third kappa shape index (κ3) is 1.84. The van der Waals surface area contributed by atoms with E-state index in [0.29, 0.717) is 12.3 Å². The first-order valence-electron chi connectivity index (χ1n) is 6.34. The number of aromatic nitrogens is 2. The molecule has 0 amide bonds. The minimum Gasteiger partial charge on any atom is -0.392 e. The largest absolute Gasteiger partial charge is 0.392 e. The first-order valence-corrected chi connectivity index (χ1v) is 6.34. The average molecular weight is 230 g/mol. The first kappa shape index (κ1) is 10.8. The van der Waals surface area contributed by atoms with Gasteiger partial charge in [0.15, 0.2) is 0 Å². The van der Waals surface area contributed by atoms with Crippen molar-refractivity contribution in [3.8, 4) is 0 Å². The molecule has 1 unspecified atom stereocenters. The number of nitrogens with zero attached hydrogens (tertiary/aromatic N) is 2. The second kappa shape index (κ2) is 4.15. The van der Waals surface area contributed by atoms with E-state index in [1.54, 1.807) is 0 Å². The molecule has 1 fully saturated rings. The summed E-state index contributed by atoms with van der Waals surface area (Å²) in [5.41, 5.74) is 2.16. The van der Waals surface area contributed by atoms with Gasteiger partial charge in [0.1, 0.15) is 5.82 Å². The van der Waals surface area contributed by atoms with Gasteiger partial charge in [-0.15, -0.1) is 0 Å². The molecule has 1 aromatic heterocycles. The lowest BCUT2D eigenvalue weighted by Gasteiger charge is -2.30. The maximum atomic E-state index is 10.1. The van der Waals surface area contributed by atoms with Gasteiger partial charge in [0, 0.05) is 13.5 Å². The van der Waals surface area contributed by atoms with Gasteiger partial charge in [-0.1, -0.05) is 18.6 Å². The van der Waals surface area contributed by atoms with Gasteiger partial charge >= 0.3 is 0 Å². The number of aliphatic hydroxyl groups is 1. The zero-order valence-corrected chi connectivity index (χ0v) is 10.1. The normalized spacial score (nSPS) is 18.2. The molecule has 3 rings (SSSR count). The highest BCUT2D eigenvalue weighted by atomic mass is 16.3. The standard InChI is InChI=1S/C14H18N2O/c1-16-12-8-3-2-7-11(12)15-14(16)9-13(17)10-5-4-6-10/h2-3,7-8,10,13,17H,4-6,9H2,1H3. The lowest BCUT2D eigenvalue weighted by Crippen LogP contribution is -2.29. The zero-order chi connectivity index (χ0) is 11.8. The molecule has 90 valence electrons. The maximum Gasteiger partial charge on any atom is 0.112 e. The Hall–Kier alpha value is -1.35. The Morgan fingerprint density at radius 2 is 2.18 bits per heavy atom. The summed E-state index contributed by atoms with van der Waals surface area (Å²) in [5.74, 6) is 1.49. The fraction of sp³-hybridized carbons (Fsp3) is 0.500. The molecular formula is C14H18N2O. The molecule has 1 saturated carbocycles. The van der Waals surface area contributed by atoms with Crippen LogP contribution in [0.1, 0.15) is 25.1 Å². The molecule has 0 spiro atoms. The molecule has 1 N–H and O–H groups in total. The Morgan fingerprint density at radius 1 is 1.41 bits per heavy atom. The minimum absolute atomic E-state index is 0.223. The maximum absolute atomic E-state index is 10.1. The number of aryl methyl sites for hydroxylation is 1. The Balaban J connectivity index is 1.87. The van der Waals surface area contributed by atoms with Crippen LogP contribution in [0.2, 0.25) is 0 Å². The van der Waals surface area contributed by atoms with Crippen molar-refractivity contribution >= 4 is 11.0 Å². The monoisotopic (exact) mass is 230 g/mol. The molecule has 1 aliphatic rings. The summed E-state index contributed by atoms with van der Waals surface area (Å²) < 4.78 is 2.09. The molecule has 0 saturated heterocycles. The van der Waals surface area contributed by atoms with Gasteiger partial charge in [-0.3, -0.25) is 0 Å². The molecule has 1 atom stereocenters. The average Bonchev–Trinajstić information content (AvgIpc) is 2.54. The van der Waals surface area contributed by atoms with Crippen LogP contribution in [0, 0.1) is 5.92 Å². The van der Waals surface area contributed by atoms with E-state index >= 15 is 0 Å². The number of rotatable bonds is 3. The second-order valence-electron chi connectivity index (χ2n) is 5.04. The Bertz CT molecular complexity index is 528. The Labute approximate surface area is 101 Å². The Kier molecular flexibility index (Phi) is 2.63. The molecule has 2 aromatic rings. The molecule has 17 heavy (non-hydrogen) atoms. The number of aliphatic hydroxyl groups excluding tert-OH is 1. The van der Waals surface area contributed by atoms with Crippen LogP contribution >= 0.6 is 0 Å². The predicted octanol–water partition coefficient (Wildman–Crippen LogP) is 2.28. The lowest BCUT2D eigenvalue weighted by molar-refractivity contribution is 0.0610. The van der Waals surface area contributed by atoms with Crippen LogP contribution in [-0.2, 0) is 13.5 Å². The van der Waals surface area contributed by atoms with Crippen LogP contribution in [0.25, 0.3) is 11.0 Å². The zero-order valence-electron chi connectivity index (χ0n) is 10.1. The quantitative estimate of drug-likeness (QED) is 0.878. The van der Waals surface area contributed by atoms with Crippen molar-refractivity contribution in [2.75, 3.05) is 0 Å². The van der Waals surface area contributed by atoms with Crippen molar-refractivity contribution < 1.29 is 5.11 Å². The van der Waals surface area contributed by atoms with Crippen LogP contribution in [0.4, 0.5) is 0 Å². The number of para-hydroxylation sites is 2. The number of benzene rings is 1. The summed E-state index contributed by atoms with van der Waals surface area (Å²) in [6.45, 7) is 0. The third-order valence-corrected chi connectivity index (χ3v) is 3.97. The SMILES string of the molecule is Cn1c(CC(O)C2CCC2)nc2ccccc21. The van der Waals surface area contributed by atoms with E-state index in [1.165, 1.54) is 19.3 Å². The van der Waals surface area contributed by atoms with Crippen molar-refractivity contribution in [1.29, 1.82) is 0 Å². The van der Waals surface area contributed by atoms with Crippen molar-refractivity contribution in [3.63, 3.8) is 0 Å². The Morgan fingerprint density at radius 3 is 2.82 bits per heavy atom. The van der Waals surface area contributed by atoms with Crippen molar-refractivity contribution in [2.45, 2.75) is 31.8 Å². The van der Waals surface area contributed by atoms with Crippen LogP contribution in [0.15, 0.2) is 24.3 Å². The number of hydrogen-bond acceptors (Lipinski definition) is 2. The molecule has 1 aliphatic carbocycles. The topological polar surface area (TPSA) is 38.0 Å². The highest BCUT2D eigenvalue weighted by Crippen LogP contribution is 2.31. The van der Waals surface area contributed by atoms with E-state index in [1.807, 2.05) is 25.2 Å². The van der Waals surface area contributed by atoms with Crippen molar-refractivity contribution in [1.82, 2.24) is 9.55 Å². The highest BCUT2D eigenvalue weighted by molar-refractivity contribution is 5.75. The first-order chi connectivity index (χ1) is 8.25. The summed E-state index contributed by atoms with van der Waals surface area (Å²) in [5, 5.41) is 10.1. The van der Waals surface area contributed by atoms with Gasteiger partial charge in [-0.05, 0) is 30.9 Å². The van der Waals surface area contributed by atoms with Crippen LogP contribution < -0.4 is 0 Å². The molecule has 0 aliphatic heterocycles. The van der Waals surface area contributed by atoms with Crippen LogP contribution in [0.3, 0.4) is 0 Å². The van der Waals surface area contributed by atoms with E-state index in [9.17, 15) is 5.11 Å². The summed E-state index contributed by atoms with van der Waals surface area (Å²) in [4.78, 5) is 4.60. The van der Waals surface area contributed by atoms with Gasteiger partial charge in [0.05, 0.1) is 17.1 Å². The van der Waals surface area contributed by atoms with Crippen molar-refractivity contribution in [2.24, 2.45) is 13.0 Å². The fourth-order valence-corrected chi connectivity index (χ4v) is 2.56. The molecule has 0 bridgehead atoms. The summed E-state index contributed by atoms with van der Waals surface area (Å²) >= 11 is 0. The third-order valence-electron chi connectivity index (χ3n) is 3.97. The van der Waals surface area contributed by atoms with Crippen molar-refractivity contribution in [3.05, 3.63) is 30.1 Å². The highest BCUT2D eigenvalue weighted by Gasteiger charge is 2.26. The van der Waals surface area contributed by atoms with Crippen LogP contribution in [-0.4, -0.2) is 20.8 Å². The van der Waals surface area contributed by atoms with Crippen LogP contribution in [0.5, 0.6) is 0 Å². The van der Waals surface area contributed by atoms with Gasteiger partial charge in [0.2, 0.25) is 0 Å². The van der Waals surface area contributed by atoms with Gasteiger partial charge < -0.3 is 9.67 Å². The molecule has 0 radical (unpaired) electrons. The predicted molar refractivity (Wildman–Crippen MR) is 67.8 cm³/mol. The minimum atomic E-state index is -0.223. The lowest BCUT2D eigenvalue weighted by atomic mass is 9.80. The van der Waals surface area contributed by atoms with E-state index in [0.717, 1.165) is 16.9 Å². The molecule has 1 aromatic carbocycles. The van der Waals surface area contributed by atoms with E-state index in [2.05, 4.69) is 15.6 Å². The number of hydrogen-bond donors (Lipinski definition) is 1. The summed E-state index contributed by atoms with van der Waals surface area (Å²) in [6, 6.07) is 8.12.